The number of anilines is 1. The lowest BCUT2D eigenvalue weighted by Crippen LogP contribution is -2.53. The molecule has 0 aliphatic carbocycles. The van der Waals surface area contributed by atoms with Crippen molar-refractivity contribution < 1.29 is 38.4 Å². The lowest BCUT2D eigenvalue weighted by molar-refractivity contribution is -0.151. The van der Waals surface area contributed by atoms with E-state index in [1.54, 1.807) is 66.7 Å². The average molecular weight is 637 g/mol. The number of aliphatic hydroxyl groups excluding tert-OH is 1. The Morgan fingerprint density at radius 2 is 1.36 bits per heavy atom. The molecule has 3 heterocycles. The molecule has 2 aromatic heterocycles. The van der Waals surface area contributed by atoms with E-state index in [4.69, 9.17) is 24.7 Å². The molecule has 13 heteroatoms. The topological polar surface area (TPSA) is 182 Å². The molecule has 0 amide bonds. The number of carbonyl (C=O) groups excluding carboxylic acids is 3. The minimum Gasteiger partial charge on any atom is -0.459 e. The zero-order valence-corrected chi connectivity index (χ0v) is 24.7. The van der Waals surface area contributed by atoms with Crippen molar-refractivity contribution in [2.24, 2.45) is 0 Å². The minimum atomic E-state index is -1.98. The van der Waals surface area contributed by atoms with Crippen LogP contribution in [0.5, 0.6) is 0 Å². The Hall–Kier alpha value is -5.92. The molecule has 0 radical (unpaired) electrons. The number of carbonyl (C=O) groups is 3. The Kier molecular flexibility index (Phi) is 8.73. The Bertz CT molecular complexity index is 1970. The molecule has 0 saturated carbocycles. The average Bonchev–Trinajstić information content (AvgIpc) is 3.40. The van der Waals surface area contributed by atoms with Gasteiger partial charge in [0.25, 0.3) is 0 Å². The minimum absolute atomic E-state index is 0.0129. The number of hydrogen-bond donors (Lipinski definition) is 2. The van der Waals surface area contributed by atoms with Gasteiger partial charge in [-0.25, -0.2) is 24.4 Å². The van der Waals surface area contributed by atoms with Gasteiger partial charge in [-0.3, -0.25) is 4.79 Å². The number of rotatable bonds is 9. The number of nitrogens with zero attached hydrogens (tertiary/aromatic N) is 3. The molecule has 3 N–H and O–H groups in total. The highest BCUT2D eigenvalue weighted by molar-refractivity contribution is 5.91. The molecule has 3 aromatic carbocycles. The summed E-state index contributed by atoms with van der Waals surface area (Å²) in [6.07, 6.45) is -1.96. The third-order valence-corrected chi connectivity index (χ3v) is 7.68. The number of esters is 3. The van der Waals surface area contributed by atoms with E-state index in [9.17, 15) is 24.3 Å². The summed E-state index contributed by atoms with van der Waals surface area (Å²) >= 11 is 0. The molecule has 47 heavy (non-hydrogen) atoms. The maximum absolute atomic E-state index is 13.5. The first kappa shape index (κ1) is 31.1. The van der Waals surface area contributed by atoms with Crippen LogP contribution in [0.25, 0.3) is 11.0 Å². The molecule has 1 aliphatic heterocycles. The number of ether oxygens (including phenoxy) is 4. The summed E-state index contributed by atoms with van der Waals surface area (Å²) in [6.45, 7) is -1.48. The molecule has 4 atom stereocenters. The molecule has 1 fully saturated rings. The van der Waals surface area contributed by atoms with Crippen LogP contribution in [0, 0.1) is 0 Å². The zero-order valence-electron chi connectivity index (χ0n) is 24.7. The third-order valence-electron chi connectivity index (χ3n) is 7.68. The van der Waals surface area contributed by atoms with E-state index >= 15 is 0 Å². The van der Waals surface area contributed by atoms with Crippen LogP contribution in [-0.4, -0.2) is 68.6 Å². The molecule has 5 aromatic rings. The maximum Gasteiger partial charge on any atom is 0.338 e. The Morgan fingerprint density at radius 1 is 0.809 bits per heavy atom. The van der Waals surface area contributed by atoms with Gasteiger partial charge in [0.1, 0.15) is 24.1 Å². The summed E-state index contributed by atoms with van der Waals surface area (Å²) in [6, 6.07) is 25.4. The molecular weight excluding hydrogens is 608 g/mol. The van der Waals surface area contributed by atoms with Crippen molar-refractivity contribution in [2.45, 2.75) is 24.0 Å². The number of aliphatic hydroxyl groups is 1. The van der Waals surface area contributed by atoms with E-state index in [1.807, 2.05) is 0 Å². The van der Waals surface area contributed by atoms with Crippen molar-refractivity contribution in [2.75, 3.05) is 18.9 Å². The SMILES string of the molecule is Nc1ncnc2c1c(=O)ccn2[C@@H]1OC(CO)(COC(=O)c2ccccc2)[C@@H](OC(=O)c2ccccc2)[C@H]1OC(=O)c1ccccc1. The van der Waals surface area contributed by atoms with Gasteiger partial charge in [-0.15, -0.1) is 0 Å². The first-order valence-electron chi connectivity index (χ1n) is 14.5. The monoisotopic (exact) mass is 636 g/mol. The van der Waals surface area contributed by atoms with E-state index in [2.05, 4.69) is 9.97 Å². The second-order valence-corrected chi connectivity index (χ2v) is 10.6. The predicted molar refractivity (Wildman–Crippen MR) is 166 cm³/mol. The van der Waals surface area contributed by atoms with E-state index in [1.165, 1.54) is 41.1 Å². The smallest absolute Gasteiger partial charge is 0.338 e. The second-order valence-electron chi connectivity index (χ2n) is 10.6. The van der Waals surface area contributed by atoms with E-state index in [-0.39, 0.29) is 33.5 Å². The fourth-order valence-corrected chi connectivity index (χ4v) is 5.32. The van der Waals surface area contributed by atoms with Crippen molar-refractivity contribution in [3.63, 3.8) is 0 Å². The Morgan fingerprint density at radius 3 is 1.94 bits per heavy atom. The molecule has 1 aliphatic rings. The number of aromatic nitrogens is 3. The lowest BCUT2D eigenvalue weighted by Gasteiger charge is -2.32. The maximum atomic E-state index is 13.5. The summed E-state index contributed by atoms with van der Waals surface area (Å²) in [5.41, 5.74) is 4.14. The lowest BCUT2D eigenvalue weighted by atomic mass is 9.96. The van der Waals surface area contributed by atoms with Crippen LogP contribution in [0.1, 0.15) is 37.3 Å². The number of benzene rings is 3. The van der Waals surface area contributed by atoms with E-state index in [0.717, 1.165) is 6.33 Å². The Balaban J connectivity index is 1.48. The molecule has 1 unspecified atom stereocenters. The van der Waals surface area contributed by atoms with Crippen molar-refractivity contribution >= 4 is 34.8 Å². The predicted octanol–water partition coefficient (Wildman–Crippen LogP) is 2.94. The first-order chi connectivity index (χ1) is 22.8. The number of pyridine rings is 1. The van der Waals surface area contributed by atoms with Crippen molar-refractivity contribution in [3.8, 4) is 0 Å². The van der Waals surface area contributed by atoms with Gasteiger partial charge in [-0.1, -0.05) is 54.6 Å². The highest BCUT2D eigenvalue weighted by Crippen LogP contribution is 2.43. The van der Waals surface area contributed by atoms with Gasteiger partial charge in [0.15, 0.2) is 35.1 Å². The molecular formula is C34H28N4O9. The summed E-state index contributed by atoms with van der Waals surface area (Å²) < 4.78 is 25.4. The van der Waals surface area contributed by atoms with Gasteiger partial charge in [-0.05, 0) is 36.4 Å². The van der Waals surface area contributed by atoms with Crippen LogP contribution in [0.4, 0.5) is 5.82 Å². The summed E-state index contributed by atoms with van der Waals surface area (Å²) in [5, 5.41) is 10.9. The fourth-order valence-electron chi connectivity index (χ4n) is 5.32. The van der Waals surface area contributed by atoms with Crippen LogP contribution in [-0.2, 0) is 18.9 Å². The molecule has 0 spiro atoms. The van der Waals surface area contributed by atoms with Gasteiger partial charge >= 0.3 is 17.9 Å². The molecule has 238 valence electrons. The molecule has 6 rings (SSSR count). The summed E-state index contributed by atoms with van der Waals surface area (Å²) in [7, 11) is 0. The second kappa shape index (κ2) is 13.2. The first-order valence-corrected chi connectivity index (χ1v) is 14.5. The van der Waals surface area contributed by atoms with Gasteiger partial charge < -0.3 is 34.4 Å². The molecule has 1 saturated heterocycles. The van der Waals surface area contributed by atoms with Gasteiger partial charge in [0, 0.05) is 12.3 Å². The van der Waals surface area contributed by atoms with Crippen LogP contribution < -0.4 is 11.2 Å². The fraction of sp³-hybridized carbons (Fsp3) is 0.176. The number of nitrogen functional groups attached to an aromatic ring is 1. The van der Waals surface area contributed by atoms with Crippen molar-refractivity contribution in [3.05, 3.63) is 136 Å². The number of nitrogens with two attached hydrogens (primary N) is 1. The van der Waals surface area contributed by atoms with Crippen LogP contribution in [0.3, 0.4) is 0 Å². The molecule has 13 nitrogen and oxygen atoms in total. The molecule has 0 bridgehead atoms. The highest BCUT2D eigenvalue weighted by Gasteiger charge is 2.61. The van der Waals surface area contributed by atoms with E-state index in [0.29, 0.717) is 0 Å². The Labute approximate surface area is 267 Å². The third kappa shape index (κ3) is 6.17. The van der Waals surface area contributed by atoms with E-state index < -0.39 is 60.6 Å². The normalized spacial score (nSPS) is 20.4. The summed E-state index contributed by atoms with van der Waals surface area (Å²) in [5.74, 6) is -2.49. The van der Waals surface area contributed by atoms with Gasteiger partial charge in [-0.2, -0.15) is 0 Å². The summed E-state index contributed by atoms with van der Waals surface area (Å²) in [4.78, 5) is 61.0. The quantitative estimate of drug-likeness (QED) is 0.179. The number of fused-ring (bicyclic) bond motifs is 1. The van der Waals surface area contributed by atoms with Gasteiger partial charge in [0.05, 0.1) is 23.3 Å². The van der Waals surface area contributed by atoms with Gasteiger partial charge in [0.2, 0.25) is 0 Å². The largest absolute Gasteiger partial charge is 0.459 e. The number of hydrogen-bond acceptors (Lipinski definition) is 12. The van der Waals surface area contributed by atoms with Crippen LogP contribution >= 0.6 is 0 Å². The highest BCUT2D eigenvalue weighted by atomic mass is 16.7. The van der Waals surface area contributed by atoms with Crippen molar-refractivity contribution in [1.82, 2.24) is 14.5 Å². The van der Waals surface area contributed by atoms with Crippen molar-refractivity contribution in [1.29, 1.82) is 0 Å². The zero-order chi connectivity index (χ0) is 33.0. The van der Waals surface area contributed by atoms with Crippen LogP contribution in [0.2, 0.25) is 0 Å². The standard InChI is InChI=1S/C34H28N4O9/c35-28-25-24(40)16-17-38(29(25)37-20-36-28)30-26(45-32(42)22-12-6-2-7-13-22)27(46-33(43)23-14-8-3-9-15-23)34(18-39,47-30)19-44-31(41)21-10-4-1-5-11-21/h1-17,20,26-27,30,39H,18-19H2,(H2,35,36,37)/t26-,27+,30-,34?/m1/s1. The van der Waals surface area contributed by atoms with Crippen LogP contribution in [0.15, 0.2) is 114 Å².